The average molecular weight is 557 g/mol. The maximum absolute atomic E-state index is 13.6. The first-order chi connectivity index (χ1) is 18.5. The van der Waals surface area contributed by atoms with Gasteiger partial charge in [-0.3, -0.25) is 14.6 Å². The van der Waals surface area contributed by atoms with Crippen LogP contribution in [0.15, 0.2) is 60.3 Å². The Labute approximate surface area is 227 Å². The molecule has 4 rings (SSSR count). The molecule has 0 radical (unpaired) electrons. The SMILES string of the molecule is C[C@@H]1CN([C@@H](C)CO)C(=O)c2cc(NC(=O)c3ccncc3)ccc2O[C@H]1CN(C)S(=O)(=O)c1cn(C)cn1. The van der Waals surface area contributed by atoms with Gasteiger partial charge in [-0.1, -0.05) is 6.92 Å². The number of carbonyl (C=O) groups is 2. The number of likely N-dealkylation sites (N-methyl/N-ethyl adjacent to an activating group) is 1. The lowest BCUT2D eigenvalue weighted by Crippen LogP contribution is -2.50. The van der Waals surface area contributed by atoms with E-state index in [0.29, 0.717) is 11.3 Å². The third-order valence-corrected chi connectivity index (χ3v) is 8.37. The van der Waals surface area contributed by atoms with Gasteiger partial charge in [0.2, 0.25) is 0 Å². The van der Waals surface area contributed by atoms with Gasteiger partial charge in [0.25, 0.3) is 21.8 Å². The van der Waals surface area contributed by atoms with Gasteiger partial charge in [-0.15, -0.1) is 0 Å². The van der Waals surface area contributed by atoms with E-state index in [2.05, 4.69) is 15.3 Å². The van der Waals surface area contributed by atoms with Crippen LogP contribution in [0.2, 0.25) is 0 Å². The molecule has 3 atom stereocenters. The quantitative estimate of drug-likeness (QED) is 0.425. The average Bonchev–Trinajstić information content (AvgIpc) is 3.38. The smallest absolute Gasteiger partial charge is 0.261 e. The third-order valence-electron chi connectivity index (χ3n) is 6.66. The van der Waals surface area contributed by atoms with Crippen LogP contribution in [0.3, 0.4) is 0 Å². The molecule has 39 heavy (non-hydrogen) atoms. The standard InChI is InChI=1S/C26H32N6O6S/c1-17-12-32(18(2)15-33)26(35)21-11-20(29-25(34)19-7-9-27-10-8-19)5-6-22(21)38-23(17)13-31(4)39(36,37)24-14-30(3)16-28-24/h5-11,14,16-18,23,33H,12-13,15H2,1-4H3,(H,29,34)/t17-,18+,23+/m1/s1. The maximum atomic E-state index is 13.6. The topological polar surface area (TPSA) is 147 Å². The van der Waals surface area contributed by atoms with E-state index in [9.17, 15) is 23.1 Å². The number of hydrogen-bond donors (Lipinski definition) is 2. The highest BCUT2D eigenvalue weighted by Crippen LogP contribution is 2.31. The number of anilines is 1. The van der Waals surface area contributed by atoms with Crippen LogP contribution in [0.4, 0.5) is 5.69 Å². The lowest BCUT2D eigenvalue weighted by molar-refractivity contribution is 0.0387. The van der Waals surface area contributed by atoms with E-state index < -0.39 is 22.2 Å². The van der Waals surface area contributed by atoms with Gasteiger partial charge in [0, 0.05) is 56.4 Å². The number of pyridine rings is 1. The first-order valence-electron chi connectivity index (χ1n) is 12.4. The number of ether oxygens (including phenoxy) is 1. The van der Waals surface area contributed by atoms with E-state index in [0.717, 1.165) is 0 Å². The first kappa shape index (κ1) is 28.2. The summed E-state index contributed by atoms with van der Waals surface area (Å²) in [5.74, 6) is -0.780. The lowest BCUT2D eigenvalue weighted by Gasteiger charge is -2.38. The monoisotopic (exact) mass is 556 g/mol. The normalized spacial score (nSPS) is 18.6. The van der Waals surface area contributed by atoms with Crippen molar-refractivity contribution < 1.29 is 27.9 Å². The molecule has 0 bridgehead atoms. The Kier molecular flexibility index (Phi) is 8.33. The van der Waals surface area contributed by atoms with Gasteiger partial charge in [0.05, 0.1) is 31.1 Å². The predicted octanol–water partition coefficient (Wildman–Crippen LogP) is 1.61. The Balaban J connectivity index is 1.65. The highest BCUT2D eigenvalue weighted by atomic mass is 32.2. The van der Waals surface area contributed by atoms with Crippen molar-refractivity contribution in [3.8, 4) is 5.75 Å². The number of fused-ring (bicyclic) bond motifs is 1. The van der Waals surface area contributed by atoms with Crippen LogP contribution in [-0.4, -0.2) is 88.0 Å². The summed E-state index contributed by atoms with van der Waals surface area (Å²) in [6.07, 6.45) is 5.22. The second-order valence-corrected chi connectivity index (χ2v) is 11.7. The molecule has 0 aliphatic carbocycles. The van der Waals surface area contributed by atoms with Gasteiger partial charge in [0.1, 0.15) is 11.9 Å². The van der Waals surface area contributed by atoms with Crippen LogP contribution in [-0.2, 0) is 17.1 Å². The summed E-state index contributed by atoms with van der Waals surface area (Å²) in [6.45, 7) is 3.55. The van der Waals surface area contributed by atoms with E-state index >= 15 is 0 Å². The number of hydrogen-bond acceptors (Lipinski definition) is 8. The minimum absolute atomic E-state index is 0.00438. The molecule has 1 aliphatic rings. The fourth-order valence-corrected chi connectivity index (χ4v) is 5.40. The molecule has 0 unspecified atom stereocenters. The molecule has 1 aromatic carbocycles. The molecule has 2 amide bonds. The Morgan fingerprint density at radius 3 is 2.64 bits per heavy atom. The largest absolute Gasteiger partial charge is 0.488 e. The van der Waals surface area contributed by atoms with Gasteiger partial charge in [-0.25, -0.2) is 13.4 Å². The third kappa shape index (κ3) is 6.10. The van der Waals surface area contributed by atoms with Crippen molar-refractivity contribution in [2.45, 2.75) is 31.0 Å². The zero-order valence-corrected chi connectivity index (χ0v) is 23.0. The summed E-state index contributed by atoms with van der Waals surface area (Å²) < 4.78 is 35.2. The molecular formula is C26H32N6O6S. The van der Waals surface area contributed by atoms with Crippen LogP contribution < -0.4 is 10.1 Å². The van der Waals surface area contributed by atoms with Crippen molar-refractivity contribution in [3.63, 3.8) is 0 Å². The highest BCUT2D eigenvalue weighted by Gasteiger charge is 2.35. The Bertz CT molecular complexity index is 1440. The summed E-state index contributed by atoms with van der Waals surface area (Å²) in [5.41, 5.74) is 0.972. The molecule has 0 saturated carbocycles. The zero-order chi connectivity index (χ0) is 28.3. The summed E-state index contributed by atoms with van der Waals surface area (Å²) in [5, 5.41) is 12.6. The summed E-state index contributed by atoms with van der Waals surface area (Å²) in [7, 11) is -0.742. The fourth-order valence-electron chi connectivity index (χ4n) is 4.26. The molecule has 0 fully saturated rings. The number of aryl methyl sites for hydroxylation is 1. The van der Waals surface area contributed by atoms with Crippen LogP contribution in [0, 0.1) is 5.92 Å². The Hall–Kier alpha value is -3.81. The minimum Gasteiger partial charge on any atom is -0.488 e. The number of aliphatic hydroxyl groups is 1. The second kappa shape index (κ2) is 11.5. The molecule has 13 heteroatoms. The van der Waals surface area contributed by atoms with E-state index in [4.69, 9.17) is 4.74 Å². The van der Waals surface area contributed by atoms with Crippen molar-refractivity contribution in [3.05, 3.63) is 66.4 Å². The number of nitrogens with one attached hydrogen (secondary N) is 1. The Morgan fingerprint density at radius 2 is 2.00 bits per heavy atom. The van der Waals surface area contributed by atoms with E-state index in [1.54, 1.807) is 47.7 Å². The molecule has 2 aromatic heterocycles. The molecule has 1 aliphatic heterocycles. The molecule has 0 saturated heterocycles. The molecule has 3 aromatic rings. The Morgan fingerprint density at radius 1 is 1.28 bits per heavy atom. The molecular weight excluding hydrogens is 524 g/mol. The van der Waals surface area contributed by atoms with Gasteiger partial charge in [0.15, 0.2) is 5.03 Å². The molecule has 12 nitrogen and oxygen atoms in total. The number of aromatic nitrogens is 3. The number of benzene rings is 1. The molecule has 208 valence electrons. The van der Waals surface area contributed by atoms with Crippen molar-refractivity contribution in [2.24, 2.45) is 13.0 Å². The molecule has 2 N–H and O–H groups in total. The number of nitrogens with zero attached hydrogens (tertiary/aromatic N) is 5. The zero-order valence-electron chi connectivity index (χ0n) is 22.2. The van der Waals surface area contributed by atoms with Crippen LogP contribution in [0.5, 0.6) is 5.75 Å². The lowest BCUT2D eigenvalue weighted by atomic mass is 9.99. The van der Waals surface area contributed by atoms with E-state index in [1.165, 1.54) is 42.3 Å². The van der Waals surface area contributed by atoms with Gasteiger partial charge in [-0.05, 0) is 37.3 Å². The van der Waals surface area contributed by atoms with Crippen molar-refractivity contribution >= 4 is 27.5 Å². The van der Waals surface area contributed by atoms with Crippen LogP contribution in [0.1, 0.15) is 34.6 Å². The minimum atomic E-state index is -3.88. The first-order valence-corrected chi connectivity index (χ1v) is 13.8. The predicted molar refractivity (Wildman–Crippen MR) is 143 cm³/mol. The molecule has 0 spiro atoms. The maximum Gasteiger partial charge on any atom is 0.261 e. The van der Waals surface area contributed by atoms with Gasteiger partial charge >= 0.3 is 0 Å². The van der Waals surface area contributed by atoms with Gasteiger partial charge in [-0.2, -0.15) is 4.31 Å². The highest BCUT2D eigenvalue weighted by molar-refractivity contribution is 7.89. The second-order valence-electron chi connectivity index (χ2n) is 9.69. The summed E-state index contributed by atoms with van der Waals surface area (Å²) in [4.78, 5) is 35.7. The summed E-state index contributed by atoms with van der Waals surface area (Å²) in [6, 6.07) is 7.36. The number of imidazole rings is 1. The van der Waals surface area contributed by atoms with Crippen LogP contribution >= 0.6 is 0 Å². The number of rotatable bonds is 8. The van der Waals surface area contributed by atoms with Gasteiger partial charge < -0.3 is 24.6 Å². The summed E-state index contributed by atoms with van der Waals surface area (Å²) >= 11 is 0. The van der Waals surface area contributed by atoms with E-state index in [1.807, 2.05) is 6.92 Å². The van der Waals surface area contributed by atoms with Crippen LogP contribution in [0.25, 0.3) is 0 Å². The van der Waals surface area contributed by atoms with Crippen molar-refractivity contribution in [1.29, 1.82) is 0 Å². The van der Waals surface area contributed by atoms with Crippen molar-refractivity contribution in [2.75, 3.05) is 32.1 Å². The number of aliphatic hydroxyl groups excluding tert-OH is 1. The number of amides is 2. The molecule has 3 heterocycles. The van der Waals surface area contributed by atoms with E-state index in [-0.39, 0.29) is 53.8 Å². The fraction of sp³-hybridized carbons (Fsp3) is 0.385. The van der Waals surface area contributed by atoms with Crippen molar-refractivity contribution in [1.82, 2.24) is 23.7 Å². The number of carbonyl (C=O) groups excluding carboxylic acids is 2. The number of sulfonamides is 1.